The van der Waals surface area contributed by atoms with Gasteiger partial charge in [0.15, 0.2) is 0 Å². The van der Waals surface area contributed by atoms with Crippen LogP contribution in [-0.4, -0.2) is 41.1 Å². The molecule has 0 amide bonds. The van der Waals surface area contributed by atoms with E-state index in [2.05, 4.69) is 21.2 Å². The van der Waals surface area contributed by atoms with E-state index in [9.17, 15) is 9.18 Å². The van der Waals surface area contributed by atoms with E-state index in [0.717, 1.165) is 23.9 Å². The molecule has 116 valence electrons. The van der Waals surface area contributed by atoms with Crippen molar-refractivity contribution in [3.05, 3.63) is 34.1 Å². The Morgan fingerprint density at radius 3 is 2.86 bits per heavy atom. The number of hydrogen-bond donors (Lipinski definition) is 2. The van der Waals surface area contributed by atoms with Crippen molar-refractivity contribution in [2.24, 2.45) is 0 Å². The minimum absolute atomic E-state index is 0.0914. The van der Waals surface area contributed by atoms with Crippen molar-refractivity contribution in [3.63, 3.8) is 0 Å². The lowest BCUT2D eigenvalue weighted by molar-refractivity contribution is -0.139. The molecule has 0 spiro atoms. The Balaban J connectivity index is 1.77. The topological polar surface area (TPSA) is 52.6 Å². The third kappa shape index (κ3) is 4.49. The first kappa shape index (κ1) is 16.4. The molecule has 0 aliphatic heterocycles. The number of halogens is 2. The Kier molecular flexibility index (Phi) is 5.72. The highest BCUT2D eigenvalue weighted by atomic mass is 79.9. The molecule has 0 atom stereocenters. The summed E-state index contributed by atoms with van der Waals surface area (Å²) >= 11 is 3.34. The van der Waals surface area contributed by atoms with Gasteiger partial charge in [-0.25, -0.2) is 4.39 Å². The van der Waals surface area contributed by atoms with Crippen LogP contribution in [0, 0.1) is 5.82 Å². The average Bonchev–Trinajstić information content (AvgIpc) is 2.38. The van der Waals surface area contributed by atoms with Crippen LogP contribution in [0.2, 0.25) is 0 Å². The van der Waals surface area contributed by atoms with Gasteiger partial charge in [0.25, 0.3) is 0 Å². The largest absolute Gasteiger partial charge is 0.480 e. The number of carboxylic acid groups (broad SMARTS) is 1. The molecule has 1 saturated carbocycles. The van der Waals surface area contributed by atoms with E-state index in [4.69, 9.17) is 5.11 Å². The van der Waals surface area contributed by atoms with Crippen molar-refractivity contribution in [1.29, 1.82) is 0 Å². The molecule has 1 fully saturated rings. The van der Waals surface area contributed by atoms with Crippen molar-refractivity contribution < 1.29 is 14.3 Å². The number of aliphatic carboxylic acids is 1. The Morgan fingerprint density at radius 2 is 2.24 bits per heavy atom. The summed E-state index contributed by atoms with van der Waals surface area (Å²) in [5, 5.41) is 12.2. The molecule has 1 aromatic rings. The fraction of sp³-hybridized carbons (Fsp3) is 0.533. The van der Waals surface area contributed by atoms with Crippen LogP contribution in [0.1, 0.15) is 25.3 Å². The Morgan fingerprint density at radius 1 is 1.52 bits per heavy atom. The second kappa shape index (κ2) is 7.33. The van der Waals surface area contributed by atoms with Crippen molar-refractivity contribution in [1.82, 2.24) is 10.2 Å². The van der Waals surface area contributed by atoms with Gasteiger partial charge in [-0.3, -0.25) is 9.69 Å². The first-order valence-corrected chi connectivity index (χ1v) is 7.92. The van der Waals surface area contributed by atoms with Crippen molar-refractivity contribution >= 4 is 21.9 Å². The van der Waals surface area contributed by atoms with Gasteiger partial charge < -0.3 is 10.4 Å². The fourth-order valence-corrected chi connectivity index (χ4v) is 3.07. The monoisotopic (exact) mass is 358 g/mol. The van der Waals surface area contributed by atoms with E-state index >= 15 is 0 Å². The zero-order chi connectivity index (χ0) is 15.4. The van der Waals surface area contributed by atoms with Crippen LogP contribution in [-0.2, 0) is 11.3 Å². The summed E-state index contributed by atoms with van der Waals surface area (Å²) in [7, 11) is 0. The molecule has 0 aromatic heterocycles. The molecule has 2 rings (SSSR count). The lowest BCUT2D eigenvalue weighted by atomic mass is 9.85. The molecule has 1 aliphatic rings. The maximum Gasteiger partial charge on any atom is 0.317 e. The van der Waals surface area contributed by atoms with Gasteiger partial charge in [0.05, 0.1) is 6.54 Å². The second-order valence-electron chi connectivity index (χ2n) is 5.40. The number of benzene rings is 1. The number of likely N-dealkylation sites (N-methyl/N-ethyl adjacent to an activating group) is 1. The van der Waals surface area contributed by atoms with Gasteiger partial charge in [0, 0.05) is 28.7 Å². The maximum absolute atomic E-state index is 13.6. The minimum Gasteiger partial charge on any atom is -0.480 e. The highest BCUT2D eigenvalue weighted by Crippen LogP contribution is 2.26. The summed E-state index contributed by atoms with van der Waals surface area (Å²) < 4.78 is 14.5. The summed E-state index contributed by atoms with van der Waals surface area (Å²) in [6.07, 6.45) is 1.83. The van der Waals surface area contributed by atoms with Crippen LogP contribution in [0.4, 0.5) is 4.39 Å². The van der Waals surface area contributed by atoms with Gasteiger partial charge in [-0.15, -0.1) is 0 Å². The van der Waals surface area contributed by atoms with Gasteiger partial charge in [-0.05, 0) is 37.6 Å². The smallest absolute Gasteiger partial charge is 0.317 e. The van der Waals surface area contributed by atoms with Gasteiger partial charge in [-0.1, -0.05) is 22.9 Å². The molecular weight excluding hydrogens is 339 g/mol. The van der Waals surface area contributed by atoms with E-state index < -0.39 is 5.97 Å². The summed E-state index contributed by atoms with van der Waals surface area (Å²) in [6, 6.07) is 5.56. The lowest BCUT2D eigenvalue weighted by Crippen LogP contribution is -2.53. The quantitative estimate of drug-likeness (QED) is 0.786. The molecule has 4 nitrogen and oxygen atoms in total. The van der Waals surface area contributed by atoms with Gasteiger partial charge in [0.2, 0.25) is 0 Å². The second-order valence-corrected chi connectivity index (χ2v) is 6.31. The third-order valence-corrected chi connectivity index (χ3v) is 4.46. The zero-order valence-electron chi connectivity index (χ0n) is 12.0. The van der Waals surface area contributed by atoms with E-state index in [-0.39, 0.29) is 12.4 Å². The highest BCUT2D eigenvalue weighted by molar-refractivity contribution is 9.10. The van der Waals surface area contributed by atoms with E-state index in [1.807, 2.05) is 11.8 Å². The number of carboxylic acids is 1. The molecule has 0 saturated heterocycles. The van der Waals surface area contributed by atoms with Crippen molar-refractivity contribution in [2.75, 3.05) is 13.1 Å². The molecule has 0 bridgehead atoms. The molecule has 1 aromatic carbocycles. The number of rotatable bonds is 7. The average molecular weight is 359 g/mol. The molecule has 0 radical (unpaired) electrons. The van der Waals surface area contributed by atoms with Crippen LogP contribution >= 0.6 is 15.9 Å². The predicted octanol–water partition coefficient (Wildman–Crippen LogP) is 2.62. The van der Waals surface area contributed by atoms with Crippen LogP contribution < -0.4 is 5.32 Å². The number of carbonyl (C=O) groups is 1. The third-order valence-electron chi connectivity index (χ3n) is 3.96. The molecule has 21 heavy (non-hydrogen) atoms. The summed E-state index contributed by atoms with van der Waals surface area (Å²) in [5.74, 6) is -0.993. The molecule has 2 N–H and O–H groups in total. The summed E-state index contributed by atoms with van der Waals surface area (Å²) in [4.78, 5) is 12.7. The first-order valence-electron chi connectivity index (χ1n) is 7.12. The van der Waals surface area contributed by atoms with Crippen LogP contribution in [0.25, 0.3) is 0 Å². The lowest BCUT2D eigenvalue weighted by Gasteiger charge is -2.42. The van der Waals surface area contributed by atoms with Gasteiger partial charge in [0.1, 0.15) is 5.82 Å². The SMILES string of the molecule is CCN(CC(=O)O)C1CC(NCc2cc(Br)ccc2F)C1. The fourth-order valence-electron chi connectivity index (χ4n) is 2.66. The Hall–Kier alpha value is -0.980. The van der Waals surface area contributed by atoms with Crippen LogP contribution in [0.5, 0.6) is 0 Å². The Labute approximate surface area is 132 Å². The highest BCUT2D eigenvalue weighted by Gasteiger charge is 2.33. The molecule has 1 aliphatic carbocycles. The number of nitrogens with one attached hydrogen (secondary N) is 1. The van der Waals surface area contributed by atoms with E-state index in [1.54, 1.807) is 12.1 Å². The standard InChI is InChI=1S/C15H20BrFN2O2/c1-2-19(9-15(20)21)13-6-12(7-13)18-8-10-5-11(16)3-4-14(10)17/h3-5,12-13,18H,2,6-9H2,1H3,(H,20,21). The molecule has 6 heteroatoms. The van der Waals surface area contributed by atoms with Crippen LogP contribution in [0.3, 0.4) is 0 Å². The maximum atomic E-state index is 13.6. The van der Waals surface area contributed by atoms with E-state index in [0.29, 0.717) is 24.2 Å². The van der Waals surface area contributed by atoms with Gasteiger partial charge >= 0.3 is 5.97 Å². The number of nitrogens with zero attached hydrogens (tertiary/aromatic N) is 1. The van der Waals surface area contributed by atoms with Crippen LogP contribution in [0.15, 0.2) is 22.7 Å². The minimum atomic E-state index is -0.788. The van der Waals surface area contributed by atoms with Crippen molar-refractivity contribution in [3.8, 4) is 0 Å². The zero-order valence-corrected chi connectivity index (χ0v) is 13.6. The predicted molar refractivity (Wildman–Crippen MR) is 82.6 cm³/mol. The summed E-state index contributed by atoms with van der Waals surface area (Å²) in [5.41, 5.74) is 0.644. The summed E-state index contributed by atoms with van der Waals surface area (Å²) in [6.45, 7) is 3.30. The molecule has 0 unspecified atom stereocenters. The normalized spacial score (nSPS) is 21.3. The van der Waals surface area contributed by atoms with Gasteiger partial charge in [-0.2, -0.15) is 0 Å². The van der Waals surface area contributed by atoms with Crippen molar-refractivity contribution in [2.45, 2.75) is 38.4 Å². The first-order chi connectivity index (χ1) is 9.99. The molecule has 0 heterocycles. The number of hydrogen-bond acceptors (Lipinski definition) is 3. The van der Waals surface area contributed by atoms with E-state index in [1.165, 1.54) is 6.07 Å². The molecular formula is C15H20BrFN2O2. The Bertz CT molecular complexity index is 506.